The normalized spacial score (nSPS) is 13.3. The number of fused-ring (bicyclic) bond motifs is 1. The molecule has 0 fully saturated rings. The summed E-state index contributed by atoms with van der Waals surface area (Å²) in [5.41, 5.74) is 1.82. The van der Waals surface area contributed by atoms with E-state index in [1.807, 2.05) is 10.2 Å². The molecule has 0 saturated heterocycles. The molecule has 1 aliphatic rings. The summed E-state index contributed by atoms with van der Waals surface area (Å²) in [6.07, 6.45) is 0. The van der Waals surface area contributed by atoms with Crippen molar-refractivity contribution < 1.29 is 27.4 Å². The Morgan fingerprint density at radius 3 is 2.66 bits per heavy atom. The van der Waals surface area contributed by atoms with Crippen molar-refractivity contribution in [2.75, 3.05) is 26.7 Å². The van der Waals surface area contributed by atoms with Crippen LogP contribution < -0.4 is 14.8 Å². The predicted octanol–water partition coefficient (Wildman–Crippen LogP) is 4.02. The van der Waals surface area contributed by atoms with Gasteiger partial charge in [-0.05, 0) is 42.9 Å². The molecule has 3 rings (SSSR count). The highest BCUT2D eigenvalue weighted by molar-refractivity contribution is 14.1. The number of amides is 1. The van der Waals surface area contributed by atoms with Crippen LogP contribution in [0, 0.1) is 5.82 Å². The summed E-state index contributed by atoms with van der Waals surface area (Å²) in [5.74, 6) is -0.398. The van der Waals surface area contributed by atoms with E-state index >= 15 is 0 Å². The second-order valence-electron chi connectivity index (χ2n) is 6.27. The van der Waals surface area contributed by atoms with Gasteiger partial charge in [0.2, 0.25) is 0 Å². The molecule has 0 aliphatic carbocycles. The molecule has 0 unspecified atom stereocenters. The molecule has 2 aromatic rings. The number of nitrogens with one attached hydrogen (secondary N) is 1. The van der Waals surface area contributed by atoms with Crippen LogP contribution in [0.5, 0.6) is 11.5 Å². The molecule has 0 aromatic heterocycles. The minimum Gasteiger partial charge on any atom is -0.488 e. The molecule has 5 nitrogen and oxygen atoms in total. The van der Waals surface area contributed by atoms with E-state index in [1.165, 1.54) is 42.5 Å². The van der Waals surface area contributed by atoms with Gasteiger partial charge in [0.05, 0.1) is 5.57 Å². The summed E-state index contributed by atoms with van der Waals surface area (Å²) in [7, 11) is 1.88. The van der Waals surface area contributed by atoms with Crippen LogP contribution in [0.25, 0.3) is 5.57 Å². The Morgan fingerprint density at radius 2 is 2.00 bits per heavy atom. The number of benzene rings is 2. The number of ether oxygens (including phenoxy) is 2. The number of carbonyl (C=O) groups excluding carboxylic acids is 1. The molecule has 0 radical (unpaired) electrons. The van der Waals surface area contributed by atoms with Crippen molar-refractivity contribution in [3.05, 3.63) is 65.0 Å². The van der Waals surface area contributed by atoms with Crippen LogP contribution in [0.2, 0.25) is 0 Å². The van der Waals surface area contributed by atoms with Crippen LogP contribution in [-0.2, 0) is 4.79 Å². The van der Waals surface area contributed by atoms with Crippen LogP contribution >= 0.6 is 22.9 Å². The lowest BCUT2D eigenvalue weighted by molar-refractivity contribution is -0.117. The molecule has 9 heteroatoms. The van der Waals surface area contributed by atoms with Crippen molar-refractivity contribution in [1.29, 1.82) is 0 Å². The number of hydrogen-bond donors (Lipinski definition) is 1. The number of hydrogen-bond acceptors (Lipinski definition) is 4. The molecule has 154 valence electrons. The SMILES string of the molecule is CN(I)CCNC(=O)C1=C(c2ccc(F)cc2)c2cc(OC(F)F)ccc2OC1. The molecular formula is C20H18F3IN2O3. The van der Waals surface area contributed by atoms with Crippen molar-refractivity contribution in [3.63, 3.8) is 0 Å². The van der Waals surface area contributed by atoms with Crippen molar-refractivity contribution in [3.8, 4) is 11.5 Å². The Morgan fingerprint density at radius 1 is 1.28 bits per heavy atom. The lowest BCUT2D eigenvalue weighted by Gasteiger charge is -2.25. The first-order valence-corrected chi connectivity index (χ1v) is 9.68. The largest absolute Gasteiger partial charge is 0.488 e. The standard InChI is InChI=1S/C20H18F3IN2O3/c1-26(24)9-8-25-19(27)16-11-28-17-7-6-14(29-20(22)23)10-15(17)18(16)12-2-4-13(21)5-3-12/h2-7,10,20H,8-9,11H2,1H3,(H,25,27). The molecule has 1 N–H and O–H groups in total. The maximum atomic E-state index is 13.4. The summed E-state index contributed by atoms with van der Waals surface area (Å²) < 4.78 is 50.8. The third-order valence-electron chi connectivity index (χ3n) is 4.23. The third kappa shape index (κ3) is 5.41. The van der Waals surface area contributed by atoms with Crippen molar-refractivity contribution >= 4 is 34.3 Å². The van der Waals surface area contributed by atoms with Gasteiger partial charge in [0.1, 0.15) is 23.9 Å². The zero-order valence-corrected chi connectivity index (χ0v) is 17.6. The summed E-state index contributed by atoms with van der Waals surface area (Å²) in [5, 5.41) is 2.82. The number of alkyl halides is 2. The highest BCUT2D eigenvalue weighted by Gasteiger charge is 2.27. The molecule has 1 aliphatic heterocycles. The smallest absolute Gasteiger partial charge is 0.387 e. The van der Waals surface area contributed by atoms with Crippen LogP contribution in [0.4, 0.5) is 13.2 Å². The van der Waals surface area contributed by atoms with Gasteiger partial charge in [-0.2, -0.15) is 8.78 Å². The van der Waals surface area contributed by atoms with E-state index < -0.39 is 12.4 Å². The van der Waals surface area contributed by atoms with Crippen LogP contribution in [-0.4, -0.2) is 42.4 Å². The number of nitrogens with zero attached hydrogens (tertiary/aromatic N) is 1. The summed E-state index contributed by atoms with van der Waals surface area (Å²) in [4.78, 5) is 12.8. The predicted molar refractivity (Wildman–Crippen MR) is 111 cm³/mol. The van der Waals surface area contributed by atoms with Gasteiger partial charge in [0, 0.05) is 47.1 Å². The number of rotatable bonds is 7. The molecule has 2 aromatic carbocycles. The van der Waals surface area contributed by atoms with Gasteiger partial charge in [-0.25, -0.2) is 7.50 Å². The monoisotopic (exact) mass is 518 g/mol. The van der Waals surface area contributed by atoms with Crippen molar-refractivity contribution in [2.45, 2.75) is 6.61 Å². The fourth-order valence-corrected chi connectivity index (χ4v) is 3.19. The van der Waals surface area contributed by atoms with Gasteiger partial charge in [0.15, 0.2) is 0 Å². The molecule has 0 spiro atoms. The highest BCUT2D eigenvalue weighted by atomic mass is 127. The van der Waals surface area contributed by atoms with E-state index in [9.17, 15) is 18.0 Å². The highest BCUT2D eigenvalue weighted by Crippen LogP contribution is 2.39. The molecule has 1 amide bonds. The topological polar surface area (TPSA) is 50.8 Å². The Hall–Kier alpha value is -2.27. The third-order valence-corrected chi connectivity index (χ3v) is 4.71. The molecule has 29 heavy (non-hydrogen) atoms. The minimum atomic E-state index is -2.98. The minimum absolute atomic E-state index is 0.000663. The number of carbonyl (C=O) groups is 1. The van der Waals surface area contributed by atoms with E-state index in [2.05, 4.69) is 32.9 Å². The second kappa shape index (κ2) is 9.49. The molecule has 0 bridgehead atoms. The van der Waals surface area contributed by atoms with Crippen LogP contribution in [0.3, 0.4) is 0 Å². The second-order valence-corrected chi connectivity index (χ2v) is 7.92. The Labute approximate surface area is 180 Å². The Balaban J connectivity index is 2.05. The van der Waals surface area contributed by atoms with E-state index in [1.54, 1.807) is 0 Å². The lowest BCUT2D eigenvalue weighted by atomic mass is 9.90. The zero-order valence-electron chi connectivity index (χ0n) is 15.4. The molecule has 1 heterocycles. The fourth-order valence-electron chi connectivity index (χ4n) is 2.95. The van der Waals surface area contributed by atoms with Gasteiger partial charge >= 0.3 is 6.61 Å². The zero-order chi connectivity index (χ0) is 21.0. The van der Waals surface area contributed by atoms with E-state index in [-0.39, 0.29) is 18.3 Å². The maximum Gasteiger partial charge on any atom is 0.387 e. The van der Waals surface area contributed by atoms with Gasteiger partial charge in [0.25, 0.3) is 5.91 Å². The van der Waals surface area contributed by atoms with Crippen molar-refractivity contribution in [1.82, 2.24) is 8.43 Å². The van der Waals surface area contributed by atoms with E-state index in [4.69, 9.17) is 4.74 Å². The Kier molecular flexibility index (Phi) is 7.01. The molecular weight excluding hydrogens is 500 g/mol. The van der Waals surface area contributed by atoms with Crippen LogP contribution in [0.15, 0.2) is 48.0 Å². The van der Waals surface area contributed by atoms with Gasteiger partial charge in [-0.3, -0.25) is 4.79 Å². The van der Waals surface area contributed by atoms with Gasteiger partial charge in [-0.1, -0.05) is 12.1 Å². The lowest BCUT2D eigenvalue weighted by Crippen LogP contribution is -2.34. The average Bonchev–Trinajstić information content (AvgIpc) is 2.67. The quantitative estimate of drug-likeness (QED) is 0.445. The first kappa shape index (κ1) is 21.4. The Bertz CT molecular complexity index is 918. The fraction of sp³-hybridized carbons (Fsp3) is 0.250. The summed E-state index contributed by atoms with van der Waals surface area (Å²) in [6, 6.07) is 9.89. The number of likely N-dealkylation sites (N-methyl/N-ethyl adjacent to an activating group) is 1. The molecule has 0 saturated carbocycles. The first-order valence-electron chi connectivity index (χ1n) is 8.71. The maximum absolute atomic E-state index is 13.4. The van der Waals surface area contributed by atoms with Crippen molar-refractivity contribution in [2.24, 2.45) is 0 Å². The van der Waals surface area contributed by atoms with Crippen LogP contribution in [0.1, 0.15) is 11.1 Å². The first-order chi connectivity index (χ1) is 13.8. The molecule has 0 atom stereocenters. The number of halogens is 4. The van der Waals surface area contributed by atoms with E-state index in [0.717, 1.165) is 0 Å². The van der Waals surface area contributed by atoms with E-state index in [0.29, 0.717) is 41.1 Å². The summed E-state index contributed by atoms with van der Waals surface area (Å²) >= 11 is 2.11. The average molecular weight is 518 g/mol. The summed E-state index contributed by atoms with van der Waals surface area (Å²) in [6.45, 7) is -1.93. The van der Waals surface area contributed by atoms with Gasteiger partial charge < -0.3 is 14.8 Å². The van der Waals surface area contributed by atoms with Gasteiger partial charge in [-0.15, -0.1) is 0 Å².